The van der Waals surface area contributed by atoms with Gasteiger partial charge in [-0.2, -0.15) is 13.9 Å². The Balaban J connectivity index is 1.71. The van der Waals surface area contributed by atoms with Gasteiger partial charge in [0.15, 0.2) is 0 Å². The number of anilines is 1. The molecule has 6 nitrogen and oxygen atoms in total. The van der Waals surface area contributed by atoms with Gasteiger partial charge in [-0.15, -0.1) is 0 Å². The average molecular weight is 345 g/mol. The zero-order valence-corrected chi connectivity index (χ0v) is 13.7. The molecule has 2 amide bonds. The van der Waals surface area contributed by atoms with Crippen molar-refractivity contribution in [2.24, 2.45) is 0 Å². The summed E-state index contributed by atoms with van der Waals surface area (Å²) in [5.41, 5.74) is 0.963. The van der Waals surface area contributed by atoms with E-state index in [9.17, 15) is 13.6 Å². The molecule has 3 N–H and O–H groups in total. The Morgan fingerprint density at radius 1 is 1.28 bits per heavy atom. The van der Waals surface area contributed by atoms with E-state index in [1.165, 1.54) is 12.3 Å². The van der Waals surface area contributed by atoms with E-state index in [1.807, 2.05) is 37.3 Å². The van der Waals surface area contributed by atoms with Crippen molar-refractivity contribution in [1.29, 1.82) is 0 Å². The molecule has 3 rings (SSSR count). The van der Waals surface area contributed by atoms with Gasteiger partial charge in [-0.25, -0.2) is 9.78 Å². The number of aromatic amines is 1. The number of fused-ring (bicyclic) bond motifs is 1. The third-order valence-electron chi connectivity index (χ3n) is 3.77. The molecule has 0 saturated carbocycles. The molecular formula is C17H17F2N5O. The number of alkyl halides is 2. The summed E-state index contributed by atoms with van der Waals surface area (Å²) >= 11 is 0. The highest BCUT2D eigenvalue weighted by molar-refractivity contribution is 5.91. The van der Waals surface area contributed by atoms with E-state index in [0.29, 0.717) is 5.52 Å². The number of pyridine rings is 1. The Labute approximate surface area is 142 Å². The van der Waals surface area contributed by atoms with Crippen LogP contribution in [0.2, 0.25) is 0 Å². The van der Waals surface area contributed by atoms with Gasteiger partial charge >= 0.3 is 6.03 Å². The fraction of sp³-hybridized carbons (Fsp3) is 0.235. The number of carbonyl (C=O) groups is 1. The molecule has 0 aliphatic carbocycles. The van der Waals surface area contributed by atoms with Gasteiger partial charge < -0.3 is 5.32 Å². The van der Waals surface area contributed by atoms with Crippen LogP contribution in [-0.2, 0) is 5.92 Å². The Morgan fingerprint density at radius 2 is 2.00 bits per heavy atom. The fourth-order valence-corrected chi connectivity index (χ4v) is 2.48. The van der Waals surface area contributed by atoms with Gasteiger partial charge in [-0.05, 0) is 12.5 Å². The minimum atomic E-state index is -3.05. The number of H-pyrrole nitrogens is 1. The maximum atomic E-state index is 13.5. The van der Waals surface area contributed by atoms with Crippen molar-refractivity contribution in [3.63, 3.8) is 0 Å². The number of nitrogens with zero attached hydrogens (tertiary/aromatic N) is 2. The number of amides is 2. The molecule has 8 heteroatoms. The number of halogens is 2. The van der Waals surface area contributed by atoms with Crippen molar-refractivity contribution < 1.29 is 13.6 Å². The van der Waals surface area contributed by atoms with Crippen molar-refractivity contribution in [1.82, 2.24) is 20.5 Å². The molecule has 130 valence electrons. The first-order chi connectivity index (χ1) is 11.8. The van der Waals surface area contributed by atoms with E-state index >= 15 is 0 Å². The summed E-state index contributed by atoms with van der Waals surface area (Å²) in [6.45, 7) is 2.64. The van der Waals surface area contributed by atoms with Gasteiger partial charge in [0.25, 0.3) is 5.92 Å². The predicted molar refractivity (Wildman–Crippen MR) is 90.5 cm³/mol. The van der Waals surface area contributed by atoms with Crippen LogP contribution in [0.5, 0.6) is 0 Å². The molecule has 2 aromatic heterocycles. The number of urea groups is 1. The predicted octanol–water partition coefficient (Wildman–Crippen LogP) is 3.95. The number of hydrogen-bond acceptors (Lipinski definition) is 3. The van der Waals surface area contributed by atoms with Crippen LogP contribution in [0.4, 0.5) is 19.4 Å². The molecule has 3 aromatic rings. The number of benzene rings is 1. The lowest BCUT2D eigenvalue weighted by Crippen LogP contribution is -2.31. The maximum absolute atomic E-state index is 13.5. The van der Waals surface area contributed by atoms with E-state index in [2.05, 4.69) is 25.8 Å². The SMILES string of the molecule is C[C@@H](NC(=O)Nc1cc2n[nH]c(C(C)(F)F)c2cn1)c1ccccc1. The number of nitrogens with one attached hydrogen (secondary N) is 3. The van der Waals surface area contributed by atoms with Crippen LogP contribution in [-0.4, -0.2) is 21.2 Å². The first kappa shape index (κ1) is 16.8. The van der Waals surface area contributed by atoms with Gasteiger partial charge in [0.2, 0.25) is 0 Å². The zero-order valence-electron chi connectivity index (χ0n) is 13.7. The molecule has 0 radical (unpaired) electrons. The lowest BCUT2D eigenvalue weighted by Gasteiger charge is -2.14. The van der Waals surface area contributed by atoms with Crippen molar-refractivity contribution >= 4 is 22.8 Å². The maximum Gasteiger partial charge on any atom is 0.320 e. The topological polar surface area (TPSA) is 82.7 Å². The van der Waals surface area contributed by atoms with Gasteiger partial charge in [0.05, 0.1) is 11.6 Å². The van der Waals surface area contributed by atoms with Crippen LogP contribution in [0, 0.1) is 0 Å². The van der Waals surface area contributed by atoms with E-state index in [4.69, 9.17) is 0 Å². The molecule has 1 atom stereocenters. The smallest absolute Gasteiger partial charge is 0.320 e. The fourth-order valence-electron chi connectivity index (χ4n) is 2.48. The third-order valence-corrected chi connectivity index (χ3v) is 3.77. The Bertz CT molecular complexity index is 889. The minimum Gasteiger partial charge on any atom is -0.331 e. The quantitative estimate of drug-likeness (QED) is 0.669. The number of aromatic nitrogens is 3. The first-order valence-electron chi connectivity index (χ1n) is 7.69. The van der Waals surface area contributed by atoms with Crippen LogP contribution in [0.25, 0.3) is 10.9 Å². The van der Waals surface area contributed by atoms with Crippen molar-refractivity contribution in [3.8, 4) is 0 Å². The van der Waals surface area contributed by atoms with Crippen molar-refractivity contribution in [3.05, 3.63) is 53.9 Å². The van der Waals surface area contributed by atoms with Crippen LogP contribution < -0.4 is 10.6 Å². The number of hydrogen-bond donors (Lipinski definition) is 3. The summed E-state index contributed by atoms with van der Waals surface area (Å²) in [4.78, 5) is 16.1. The molecule has 2 heterocycles. The normalized spacial score (nSPS) is 12.8. The van der Waals surface area contributed by atoms with Gasteiger partial charge in [0.1, 0.15) is 11.5 Å². The second-order valence-corrected chi connectivity index (χ2v) is 5.80. The molecular weight excluding hydrogens is 328 g/mol. The molecule has 0 fully saturated rings. The van der Waals surface area contributed by atoms with Crippen LogP contribution in [0.1, 0.15) is 31.1 Å². The van der Waals surface area contributed by atoms with Crippen LogP contribution in [0.3, 0.4) is 0 Å². The van der Waals surface area contributed by atoms with Crippen molar-refractivity contribution in [2.45, 2.75) is 25.8 Å². The number of rotatable bonds is 4. The minimum absolute atomic E-state index is 0.194. The summed E-state index contributed by atoms with van der Waals surface area (Å²) in [5, 5.41) is 11.7. The Morgan fingerprint density at radius 3 is 2.68 bits per heavy atom. The molecule has 0 bridgehead atoms. The van der Waals surface area contributed by atoms with Gasteiger partial charge in [0, 0.05) is 24.6 Å². The lowest BCUT2D eigenvalue weighted by atomic mass is 10.1. The highest BCUT2D eigenvalue weighted by Gasteiger charge is 2.29. The standard InChI is InChI=1S/C17H17F2N5O/c1-10(11-6-4-3-5-7-11)21-16(25)22-14-8-13-12(9-20-14)15(24-23-13)17(2,18)19/h3-10H,1-2H3,(H,23,24)(H2,20,21,22,25)/t10-/m1/s1. The van der Waals surface area contributed by atoms with Crippen LogP contribution in [0.15, 0.2) is 42.6 Å². The average Bonchev–Trinajstić information content (AvgIpc) is 2.99. The van der Waals surface area contributed by atoms with Gasteiger partial charge in [-0.1, -0.05) is 30.3 Å². The first-order valence-corrected chi connectivity index (χ1v) is 7.69. The Kier molecular flexibility index (Phi) is 4.35. The highest BCUT2D eigenvalue weighted by atomic mass is 19.3. The van der Waals surface area contributed by atoms with Crippen LogP contribution >= 0.6 is 0 Å². The molecule has 0 saturated heterocycles. The number of carbonyl (C=O) groups excluding carboxylic acids is 1. The monoisotopic (exact) mass is 345 g/mol. The van der Waals surface area contributed by atoms with E-state index in [1.54, 1.807) is 0 Å². The largest absolute Gasteiger partial charge is 0.331 e. The van der Waals surface area contributed by atoms with Crippen molar-refractivity contribution in [2.75, 3.05) is 5.32 Å². The zero-order chi connectivity index (χ0) is 18.0. The summed E-state index contributed by atoms with van der Waals surface area (Å²) in [5.74, 6) is -2.82. The van der Waals surface area contributed by atoms with E-state index < -0.39 is 12.0 Å². The third kappa shape index (κ3) is 3.73. The summed E-state index contributed by atoms with van der Waals surface area (Å²) in [6.07, 6.45) is 1.27. The summed E-state index contributed by atoms with van der Waals surface area (Å²) < 4.78 is 26.9. The highest BCUT2D eigenvalue weighted by Crippen LogP contribution is 2.31. The molecule has 0 aliphatic heterocycles. The molecule has 0 unspecified atom stereocenters. The van der Waals surface area contributed by atoms with E-state index in [0.717, 1.165) is 12.5 Å². The van der Waals surface area contributed by atoms with E-state index in [-0.39, 0.29) is 22.9 Å². The van der Waals surface area contributed by atoms with Gasteiger partial charge in [-0.3, -0.25) is 10.4 Å². The Hall–Kier alpha value is -3.03. The molecule has 0 aliphatic rings. The summed E-state index contributed by atoms with van der Waals surface area (Å²) in [7, 11) is 0. The lowest BCUT2D eigenvalue weighted by molar-refractivity contribution is 0.0142. The second-order valence-electron chi connectivity index (χ2n) is 5.80. The summed E-state index contributed by atoms with van der Waals surface area (Å²) in [6, 6.07) is 10.3. The molecule has 1 aromatic carbocycles. The molecule has 0 spiro atoms. The second kappa shape index (κ2) is 6.46. The molecule has 25 heavy (non-hydrogen) atoms.